The molecule has 0 saturated carbocycles. The SMILES string of the molecule is CCCCCCCCCCCCCCCCNCc1cccc(OCC2CCCO2)c1. The van der Waals surface area contributed by atoms with Crippen LogP contribution in [-0.4, -0.2) is 25.9 Å². The fourth-order valence-corrected chi connectivity index (χ4v) is 4.39. The molecule has 1 unspecified atom stereocenters. The first-order valence-corrected chi connectivity index (χ1v) is 13.4. The lowest BCUT2D eigenvalue weighted by Gasteiger charge is -2.12. The molecule has 1 atom stereocenters. The first kappa shape index (κ1) is 26.2. The van der Waals surface area contributed by atoms with Gasteiger partial charge in [0.15, 0.2) is 0 Å². The minimum atomic E-state index is 0.280. The van der Waals surface area contributed by atoms with E-state index in [0.717, 1.165) is 38.3 Å². The molecule has 0 radical (unpaired) electrons. The summed E-state index contributed by atoms with van der Waals surface area (Å²) in [7, 11) is 0. The van der Waals surface area contributed by atoms with Crippen LogP contribution in [0.25, 0.3) is 0 Å². The highest BCUT2D eigenvalue weighted by molar-refractivity contribution is 5.28. The minimum absolute atomic E-state index is 0.280. The zero-order valence-electron chi connectivity index (χ0n) is 20.3. The monoisotopic (exact) mass is 431 g/mol. The van der Waals surface area contributed by atoms with Gasteiger partial charge in [-0.25, -0.2) is 0 Å². The molecule has 178 valence electrons. The molecule has 1 saturated heterocycles. The van der Waals surface area contributed by atoms with Gasteiger partial charge in [0.1, 0.15) is 12.4 Å². The zero-order chi connectivity index (χ0) is 21.8. The van der Waals surface area contributed by atoms with Crippen molar-refractivity contribution in [3.05, 3.63) is 29.8 Å². The van der Waals surface area contributed by atoms with Crippen LogP contribution in [0.3, 0.4) is 0 Å². The molecule has 1 heterocycles. The van der Waals surface area contributed by atoms with Crippen molar-refractivity contribution in [2.45, 2.75) is 122 Å². The summed E-state index contributed by atoms with van der Waals surface area (Å²) in [6.07, 6.45) is 22.4. The Balaban J connectivity index is 1.35. The van der Waals surface area contributed by atoms with Crippen LogP contribution >= 0.6 is 0 Å². The molecule has 31 heavy (non-hydrogen) atoms. The van der Waals surface area contributed by atoms with Crippen LogP contribution in [0.5, 0.6) is 5.75 Å². The largest absolute Gasteiger partial charge is 0.491 e. The van der Waals surface area contributed by atoms with Crippen LogP contribution in [0, 0.1) is 0 Å². The van der Waals surface area contributed by atoms with Gasteiger partial charge in [-0.15, -0.1) is 0 Å². The molecule has 0 aromatic heterocycles. The van der Waals surface area contributed by atoms with E-state index in [9.17, 15) is 0 Å². The number of hydrogen-bond donors (Lipinski definition) is 1. The third-order valence-corrected chi connectivity index (χ3v) is 6.39. The Kier molecular flexibility index (Phi) is 15.6. The summed E-state index contributed by atoms with van der Waals surface area (Å²) < 4.78 is 11.5. The van der Waals surface area contributed by atoms with Gasteiger partial charge >= 0.3 is 0 Å². The summed E-state index contributed by atoms with van der Waals surface area (Å²) in [6, 6.07) is 8.48. The maximum absolute atomic E-state index is 5.91. The third kappa shape index (κ3) is 13.9. The van der Waals surface area contributed by atoms with Gasteiger partial charge in [0.05, 0.1) is 6.10 Å². The second-order valence-corrected chi connectivity index (χ2v) is 9.37. The van der Waals surface area contributed by atoms with Crippen molar-refractivity contribution in [3.63, 3.8) is 0 Å². The maximum atomic E-state index is 5.91. The number of hydrogen-bond acceptors (Lipinski definition) is 3. The number of benzene rings is 1. The van der Waals surface area contributed by atoms with E-state index >= 15 is 0 Å². The Labute approximate surface area is 192 Å². The van der Waals surface area contributed by atoms with Crippen molar-refractivity contribution < 1.29 is 9.47 Å². The highest BCUT2D eigenvalue weighted by atomic mass is 16.5. The second kappa shape index (κ2) is 18.5. The molecule has 3 heteroatoms. The summed E-state index contributed by atoms with van der Waals surface area (Å²) in [5.41, 5.74) is 1.30. The lowest BCUT2D eigenvalue weighted by atomic mass is 10.0. The van der Waals surface area contributed by atoms with Crippen LogP contribution in [0.15, 0.2) is 24.3 Å². The Morgan fingerprint density at radius 2 is 1.52 bits per heavy atom. The van der Waals surface area contributed by atoms with E-state index in [-0.39, 0.29) is 6.10 Å². The van der Waals surface area contributed by atoms with E-state index in [1.165, 1.54) is 95.5 Å². The summed E-state index contributed by atoms with van der Waals surface area (Å²) >= 11 is 0. The van der Waals surface area contributed by atoms with Gasteiger partial charge in [-0.2, -0.15) is 0 Å². The third-order valence-electron chi connectivity index (χ3n) is 6.39. The molecule has 0 amide bonds. The Morgan fingerprint density at radius 3 is 2.13 bits per heavy atom. The number of nitrogens with one attached hydrogen (secondary N) is 1. The van der Waals surface area contributed by atoms with Gasteiger partial charge < -0.3 is 14.8 Å². The topological polar surface area (TPSA) is 30.5 Å². The molecular formula is C28H49NO2. The van der Waals surface area contributed by atoms with Crippen LogP contribution in [0.2, 0.25) is 0 Å². The fourth-order valence-electron chi connectivity index (χ4n) is 4.39. The van der Waals surface area contributed by atoms with E-state index in [2.05, 4.69) is 30.4 Å². The van der Waals surface area contributed by atoms with Gasteiger partial charge in [-0.05, 0) is 43.5 Å². The van der Waals surface area contributed by atoms with E-state index in [4.69, 9.17) is 9.47 Å². The Bertz CT molecular complexity index is 527. The van der Waals surface area contributed by atoms with Crippen molar-refractivity contribution in [2.24, 2.45) is 0 Å². The van der Waals surface area contributed by atoms with Crippen molar-refractivity contribution in [1.29, 1.82) is 0 Å². The smallest absolute Gasteiger partial charge is 0.119 e. The first-order valence-electron chi connectivity index (χ1n) is 13.4. The number of unbranched alkanes of at least 4 members (excludes halogenated alkanes) is 13. The van der Waals surface area contributed by atoms with Gasteiger partial charge in [0, 0.05) is 13.2 Å². The summed E-state index contributed by atoms with van der Waals surface area (Å²) in [5.74, 6) is 0.964. The molecule has 1 N–H and O–H groups in total. The maximum Gasteiger partial charge on any atom is 0.119 e. The van der Waals surface area contributed by atoms with Crippen molar-refractivity contribution in [1.82, 2.24) is 5.32 Å². The molecule has 2 rings (SSSR count). The molecular weight excluding hydrogens is 382 g/mol. The highest BCUT2D eigenvalue weighted by Crippen LogP contribution is 2.17. The highest BCUT2D eigenvalue weighted by Gasteiger charge is 2.15. The lowest BCUT2D eigenvalue weighted by Crippen LogP contribution is -2.17. The number of ether oxygens (including phenoxy) is 2. The molecule has 0 aliphatic carbocycles. The molecule has 1 aromatic carbocycles. The Morgan fingerprint density at radius 1 is 0.871 bits per heavy atom. The van der Waals surface area contributed by atoms with Crippen LogP contribution < -0.4 is 10.1 Å². The molecule has 1 aromatic rings. The average molecular weight is 432 g/mol. The van der Waals surface area contributed by atoms with Crippen LogP contribution in [0.1, 0.15) is 115 Å². The predicted molar refractivity (Wildman–Crippen MR) is 133 cm³/mol. The molecule has 0 bridgehead atoms. The van der Waals surface area contributed by atoms with E-state index in [0.29, 0.717) is 6.61 Å². The van der Waals surface area contributed by atoms with Gasteiger partial charge in [0.25, 0.3) is 0 Å². The quantitative estimate of drug-likeness (QED) is 0.213. The zero-order valence-corrected chi connectivity index (χ0v) is 20.3. The van der Waals surface area contributed by atoms with E-state index in [1.807, 2.05) is 6.07 Å². The van der Waals surface area contributed by atoms with Gasteiger partial charge in [-0.1, -0.05) is 103 Å². The Hall–Kier alpha value is -1.06. The summed E-state index contributed by atoms with van der Waals surface area (Å²) in [4.78, 5) is 0. The molecule has 1 aliphatic heterocycles. The minimum Gasteiger partial charge on any atom is -0.491 e. The number of rotatable bonds is 20. The van der Waals surface area contributed by atoms with Crippen molar-refractivity contribution in [3.8, 4) is 5.75 Å². The molecule has 1 fully saturated rings. The van der Waals surface area contributed by atoms with Crippen LogP contribution in [0.4, 0.5) is 0 Å². The lowest BCUT2D eigenvalue weighted by molar-refractivity contribution is 0.0679. The molecule has 0 spiro atoms. The normalized spacial score (nSPS) is 16.1. The average Bonchev–Trinajstić information content (AvgIpc) is 3.31. The predicted octanol–water partition coefficient (Wildman–Crippen LogP) is 7.82. The van der Waals surface area contributed by atoms with E-state index in [1.54, 1.807) is 0 Å². The summed E-state index contributed by atoms with van der Waals surface area (Å²) in [6.45, 7) is 5.89. The van der Waals surface area contributed by atoms with Crippen LogP contribution in [-0.2, 0) is 11.3 Å². The summed E-state index contributed by atoms with van der Waals surface area (Å²) in [5, 5.41) is 3.59. The van der Waals surface area contributed by atoms with E-state index < -0.39 is 0 Å². The first-order chi connectivity index (χ1) is 15.4. The fraction of sp³-hybridized carbons (Fsp3) is 0.786. The van der Waals surface area contributed by atoms with Gasteiger partial charge in [-0.3, -0.25) is 0 Å². The van der Waals surface area contributed by atoms with Crippen molar-refractivity contribution in [2.75, 3.05) is 19.8 Å². The second-order valence-electron chi connectivity index (χ2n) is 9.37. The molecule has 3 nitrogen and oxygen atoms in total. The van der Waals surface area contributed by atoms with Gasteiger partial charge in [0.2, 0.25) is 0 Å². The van der Waals surface area contributed by atoms with Crippen molar-refractivity contribution >= 4 is 0 Å². The standard InChI is InChI=1S/C28H49NO2/c1-2-3-4-5-6-7-8-9-10-11-12-13-14-15-21-29-24-26-18-16-19-27(23-26)31-25-28-20-17-22-30-28/h16,18-19,23,28-29H,2-15,17,20-22,24-25H2,1H3. The molecule has 1 aliphatic rings.